The zero-order chi connectivity index (χ0) is 16.1. The standard InChI is InChI=1S/C16H12N2O3S2/c19-14(10-21-15(20)8-7-11-4-3-9-22-11)18-16-17-12-5-1-2-6-13(12)23-16/h1-9H,10H2,(H,17,18,19)/b8-7+. The van der Waals surface area contributed by atoms with Gasteiger partial charge in [-0.1, -0.05) is 29.5 Å². The first kappa shape index (κ1) is 15.4. The fourth-order valence-electron chi connectivity index (χ4n) is 1.80. The molecule has 23 heavy (non-hydrogen) atoms. The van der Waals surface area contributed by atoms with Crippen molar-refractivity contribution in [1.82, 2.24) is 4.98 Å². The van der Waals surface area contributed by atoms with Crippen molar-refractivity contribution in [3.8, 4) is 0 Å². The number of rotatable bonds is 5. The van der Waals surface area contributed by atoms with Gasteiger partial charge in [0.15, 0.2) is 11.7 Å². The number of amides is 1. The largest absolute Gasteiger partial charge is 0.452 e. The Hall–Kier alpha value is -2.51. The lowest BCUT2D eigenvalue weighted by Gasteiger charge is -2.01. The van der Waals surface area contributed by atoms with Gasteiger partial charge >= 0.3 is 5.97 Å². The van der Waals surface area contributed by atoms with Gasteiger partial charge < -0.3 is 4.74 Å². The van der Waals surface area contributed by atoms with Crippen LogP contribution in [0.15, 0.2) is 47.9 Å². The van der Waals surface area contributed by atoms with Crippen molar-refractivity contribution in [2.75, 3.05) is 11.9 Å². The summed E-state index contributed by atoms with van der Waals surface area (Å²) >= 11 is 2.88. The van der Waals surface area contributed by atoms with Crippen molar-refractivity contribution in [1.29, 1.82) is 0 Å². The van der Waals surface area contributed by atoms with Crippen molar-refractivity contribution in [2.45, 2.75) is 0 Å². The Bertz CT molecular complexity index is 820. The summed E-state index contributed by atoms with van der Waals surface area (Å²) in [5.41, 5.74) is 0.823. The molecule has 0 aliphatic rings. The van der Waals surface area contributed by atoms with Crippen LogP contribution in [0, 0.1) is 0 Å². The summed E-state index contributed by atoms with van der Waals surface area (Å²) in [6.07, 6.45) is 2.95. The number of nitrogens with one attached hydrogen (secondary N) is 1. The van der Waals surface area contributed by atoms with Crippen LogP contribution in [0.5, 0.6) is 0 Å². The minimum absolute atomic E-state index is 0.344. The zero-order valence-electron chi connectivity index (χ0n) is 11.9. The molecule has 1 aromatic carbocycles. The quantitative estimate of drug-likeness (QED) is 0.568. The van der Waals surface area contributed by atoms with Crippen LogP contribution in [0.25, 0.3) is 16.3 Å². The van der Waals surface area contributed by atoms with Gasteiger partial charge in [0.1, 0.15) is 0 Å². The first-order valence-corrected chi connectivity index (χ1v) is 8.44. The van der Waals surface area contributed by atoms with Gasteiger partial charge in [0.25, 0.3) is 5.91 Å². The predicted molar refractivity (Wildman–Crippen MR) is 92.6 cm³/mol. The molecule has 2 heterocycles. The Morgan fingerprint density at radius 2 is 2.09 bits per heavy atom. The number of esters is 1. The lowest BCUT2D eigenvalue weighted by atomic mass is 10.3. The molecule has 0 aliphatic carbocycles. The van der Waals surface area contributed by atoms with Crippen LogP contribution in [0.3, 0.4) is 0 Å². The maximum absolute atomic E-state index is 11.8. The molecule has 116 valence electrons. The second-order valence-corrected chi connectivity index (χ2v) is 6.50. The van der Waals surface area contributed by atoms with Gasteiger partial charge in [0.2, 0.25) is 0 Å². The van der Waals surface area contributed by atoms with Crippen LogP contribution in [-0.2, 0) is 14.3 Å². The highest BCUT2D eigenvalue weighted by molar-refractivity contribution is 7.22. The van der Waals surface area contributed by atoms with E-state index in [4.69, 9.17) is 4.74 Å². The molecule has 1 N–H and O–H groups in total. The number of thiophene rings is 1. The second kappa shape index (κ2) is 7.17. The molecule has 3 aromatic rings. The number of carbonyl (C=O) groups excluding carboxylic acids is 2. The summed E-state index contributed by atoms with van der Waals surface area (Å²) in [4.78, 5) is 28.6. The molecular weight excluding hydrogens is 332 g/mol. The van der Waals surface area contributed by atoms with Crippen LogP contribution >= 0.6 is 22.7 Å². The molecule has 2 aromatic heterocycles. The number of fused-ring (bicyclic) bond motifs is 1. The van der Waals surface area contributed by atoms with Gasteiger partial charge in [-0.2, -0.15) is 0 Å². The monoisotopic (exact) mass is 344 g/mol. The fourth-order valence-corrected chi connectivity index (χ4v) is 3.30. The SMILES string of the molecule is O=C(COC(=O)/C=C/c1cccs1)Nc1nc2ccccc2s1. The van der Waals surface area contributed by atoms with E-state index >= 15 is 0 Å². The number of nitrogens with zero attached hydrogens (tertiary/aromatic N) is 1. The van der Waals surface area contributed by atoms with Crippen molar-refractivity contribution in [2.24, 2.45) is 0 Å². The maximum atomic E-state index is 11.8. The summed E-state index contributed by atoms with van der Waals surface area (Å²) < 4.78 is 5.88. The van der Waals surface area contributed by atoms with Gasteiger partial charge in [-0.05, 0) is 29.7 Å². The van der Waals surface area contributed by atoms with E-state index in [1.54, 1.807) is 6.08 Å². The third kappa shape index (κ3) is 4.24. The van der Waals surface area contributed by atoms with Gasteiger partial charge in [-0.3, -0.25) is 10.1 Å². The number of thiazole rings is 1. The molecular formula is C16H12N2O3S2. The average molecular weight is 344 g/mol. The van der Waals surface area contributed by atoms with Crippen LogP contribution < -0.4 is 5.32 Å². The number of carbonyl (C=O) groups is 2. The van der Waals surface area contributed by atoms with E-state index in [9.17, 15) is 9.59 Å². The predicted octanol–water partition coefficient (Wildman–Crippen LogP) is 3.55. The van der Waals surface area contributed by atoms with Crippen molar-refractivity contribution in [3.05, 3.63) is 52.7 Å². The average Bonchev–Trinajstić information content (AvgIpc) is 3.19. The summed E-state index contributed by atoms with van der Waals surface area (Å²) in [6, 6.07) is 11.4. The molecule has 0 fully saturated rings. The second-order valence-electron chi connectivity index (χ2n) is 4.49. The molecule has 0 spiro atoms. The normalized spacial score (nSPS) is 11.0. The lowest BCUT2D eigenvalue weighted by Crippen LogP contribution is -2.19. The van der Waals surface area contributed by atoms with E-state index in [2.05, 4.69) is 10.3 Å². The number of ether oxygens (including phenoxy) is 1. The van der Waals surface area contributed by atoms with Crippen LogP contribution in [-0.4, -0.2) is 23.5 Å². The molecule has 7 heteroatoms. The summed E-state index contributed by atoms with van der Waals surface area (Å²) in [5, 5.41) is 5.03. The van der Waals surface area contributed by atoms with Gasteiger partial charge in [-0.25, -0.2) is 9.78 Å². The molecule has 0 bridgehead atoms. The van der Waals surface area contributed by atoms with E-state index < -0.39 is 11.9 Å². The molecule has 3 rings (SSSR count). The third-order valence-corrected chi connectivity index (χ3v) is 4.60. The Labute approximate surface area is 140 Å². The molecule has 0 atom stereocenters. The van der Waals surface area contributed by atoms with E-state index in [-0.39, 0.29) is 6.61 Å². The number of hydrogen-bond acceptors (Lipinski definition) is 6. The molecule has 5 nitrogen and oxygen atoms in total. The number of para-hydroxylation sites is 1. The van der Waals surface area contributed by atoms with Gasteiger partial charge in [0.05, 0.1) is 10.2 Å². The lowest BCUT2D eigenvalue weighted by molar-refractivity contribution is -0.142. The van der Waals surface area contributed by atoms with E-state index in [1.165, 1.54) is 28.7 Å². The van der Waals surface area contributed by atoms with Gasteiger partial charge in [0, 0.05) is 11.0 Å². The Morgan fingerprint density at radius 1 is 1.22 bits per heavy atom. The first-order valence-electron chi connectivity index (χ1n) is 6.74. The van der Waals surface area contributed by atoms with E-state index in [1.807, 2.05) is 41.8 Å². The van der Waals surface area contributed by atoms with Crippen molar-refractivity contribution >= 4 is 56.0 Å². The Balaban J connectivity index is 1.50. The topological polar surface area (TPSA) is 68.3 Å². The Morgan fingerprint density at radius 3 is 2.87 bits per heavy atom. The van der Waals surface area contributed by atoms with Crippen molar-refractivity contribution < 1.29 is 14.3 Å². The summed E-state index contributed by atoms with van der Waals surface area (Å²) in [7, 11) is 0. The summed E-state index contributed by atoms with van der Waals surface area (Å²) in [5.74, 6) is -0.972. The zero-order valence-corrected chi connectivity index (χ0v) is 13.5. The highest BCUT2D eigenvalue weighted by atomic mass is 32.1. The third-order valence-electron chi connectivity index (χ3n) is 2.81. The van der Waals surface area contributed by atoms with E-state index in [0.29, 0.717) is 5.13 Å². The van der Waals surface area contributed by atoms with Gasteiger partial charge in [-0.15, -0.1) is 11.3 Å². The minimum atomic E-state index is -0.558. The number of anilines is 1. The number of aromatic nitrogens is 1. The summed E-state index contributed by atoms with van der Waals surface area (Å²) in [6.45, 7) is -0.344. The number of hydrogen-bond donors (Lipinski definition) is 1. The fraction of sp³-hybridized carbons (Fsp3) is 0.0625. The Kier molecular flexibility index (Phi) is 4.80. The van der Waals surface area contributed by atoms with E-state index in [0.717, 1.165) is 15.1 Å². The first-order chi connectivity index (χ1) is 11.2. The molecule has 1 amide bonds. The maximum Gasteiger partial charge on any atom is 0.331 e. The van der Waals surface area contributed by atoms with Crippen molar-refractivity contribution in [3.63, 3.8) is 0 Å². The molecule has 0 saturated heterocycles. The molecule has 0 saturated carbocycles. The smallest absolute Gasteiger partial charge is 0.331 e. The molecule has 0 radical (unpaired) electrons. The van der Waals surface area contributed by atoms with Crippen LogP contribution in [0.4, 0.5) is 5.13 Å². The molecule has 0 unspecified atom stereocenters. The minimum Gasteiger partial charge on any atom is -0.452 e. The molecule has 0 aliphatic heterocycles. The van der Waals surface area contributed by atoms with Crippen LogP contribution in [0.1, 0.15) is 4.88 Å². The highest BCUT2D eigenvalue weighted by Crippen LogP contribution is 2.25. The van der Waals surface area contributed by atoms with Crippen LogP contribution in [0.2, 0.25) is 0 Å². The highest BCUT2D eigenvalue weighted by Gasteiger charge is 2.09. The number of benzene rings is 1.